The van der Waals surface area contributed by atoms with Gasteiger partial charge >= 0.3 is 11.9 Å². The molecule has 0 radical (unpaired) electrons. The van der Waals surface area contributed by atoms with E-state index in [9.17, 15) is 19.0 Å². The van der Waals surface area contributed by atoms with Gasteiger partial charge in [0.2, 0.25) is 0 Å². The molecule has 0 aromatic carbocycles. The van der Waals surface area contributed by atoms with E-state index in [2.05, 4.69) is 50.3 Å². The zero-order valence-electron chi connectivity index (χ0n) is 36.8. The van der Waals surface area contributed by atoms with Crippen molar-refractivity contribution in [2.24, 2.45) is 0 Å². The van der Waals surface area contributed by atoms with Crippen LogP contribution in [0.1, 0.15) is 194 Å². The normalized spacial score (nSPS) is 13.9. The molecule has 56 heavy (non-hydrogen) atoms. The van der Waals surface area contributed by atoms with Crippen molar-refractivity contribution in [1.29, 1.82) is 0 Å². The molecule has 0 bridgehead atoms. The quantitative estimate of drug-likeness (QED) is 0.0197. The standard InChI is InChI=1S/C46H86NO8P/c1-6-8-10-12-14-16-18-19-20-21-22-23-24-25-26-27-29-31-33-35-37-39-46(49)55-44(43-54-56(50,51)53-41-40-47(3,4)5)42-52-45(48)38-36-34-32-30-28-17-15-13-11-9-7-2/h13,15,18-19,21-22,44H,6-12,14,16-17,20,23-43H2,1-5H3/b15-13-,19-18-,22-21-. The molecule has 0 fully saturated rings. The minimum atomic E-state index is -4.62. The number of hydrogen-bond donors (Lipinski definition) is 0. The molecule has 328 valence electrons. The summed E-state index contributed by atoms with van der Waals surface area (Å²) in [5.41, 5.74) is 0. The second-order valence-corrected chi connectivity index (χ2v) is 17.8. The molecule has 0 aromatic rings. The molecule has 0 aliphatic heterocycles. The van der Waals surface area contributed by atoms with E-state index >= 15 is 0 Å². The van der Waals surface area contributed by atoms with E-state index in [1.54, 1.807) is 0 Å². The number of hydrogen-bond acceptors (Lipinski definition) is 8. The molecule has 0 saturated carbocycles. The number of phosphoric ester groups is 1. The number of rotatable bonds is 41. The lowest BCUT2D eigenvalue weighted by atomic mass is 10.1. The van der Waals surface area contributed by atoms with Crippen LogP contribution in [0.5, 0.6) is 0 Å². The molecule has 2 atom stereocenters. The van der Waals surface area contributed by atoms with Crippen LogP contribution in [-0.4, -0.2) is 70.0 Å². The van der Waals surface area contributed by atoms with Crippen LogP contribution in [0.25, 0.3) is 0 Å². The summed E-state index contributed by atoms with van der Waals surface area (Å²) in [5.74, 6) is -0.849. The number of unbranched alkanes of at least 4 members (excludes halogenated alkanes) is 21. The third kappa shape index (κ3) is 41.9. The Morgan fingerprint density at radius 3 is 1.48 bits per heavy atom. The van der Waals surface area contributed by atoms with E-state index in [4.69, 9.17) is 18.5 Å². The number of esters is 2. The minimum absolute atomic E-state index is 0.0331. The summed E-state index contributed by atoms with van der Waals surface area (Å²) in [5, 5.41) is 0. The summed E-state index contributed by atoms with van der Waals surface area (Å²) in [6.07, 6.45) is 43.1. The molecule has 0 N–H and O–H groups in total. The Morgan fingerprint density at radius 2 is 0.982 bits per heavy atom. The van der Waals surface area contributed by atoms with Gasteiger partial charge in [0.25, 0.3) is 7.82 Å². The second-order valence-electron chi connectivity index (χ2n) is 16.4. The molecule has 0 aromatic heterocycles. The number of allylic oxidation sites excluding steroid dienone is 6. The van der Waals surface area contributed by atoms with E-state index in [1.807, 2.05) is 21.1 Å². The first-order chi connectivity index (χ1) is 27.0. The molecule has 0 spiro atoms. The second kappa shape index (κ2) is 38.7. The van der Waals surface area contributed by atoms with Gasteiger partial charge in [-0.05, 0) is 64.2 Å². The van der Waals surface area contributed by atoms with Crippen LogP contribution in [0.4, 0.5) is 0 Å². The van der Waals surface area contributed by atoms with Gasteiger partial charge in [0.1, 0.15) is 19.8 Å². The molecular weight excluding hydrogens is 725 g/mol. The van der Waals surface area contributed by atoms with Gasteiger partial charge < -0.3 is 27.9 Å². The molecule has 0 aliphatic carbocycles. The highest BCUT2D eigenvalue weighted by molar-refractivity contribution is 7.45. The molecular formula is C46H86NO8P. The maximum atomic E-state index is 12.7. The van der Waals surface area contributed by atoms with Crippen molar-refractivity contribution in [2.75, 3.05) is 47.5 Å². The maximum Gasteiger partial charge on any atom is 0.306 e. The number of phosphoric acid groups is 1. The number of ether oxygens (including phenoxy) is 2. The highest BCUT2D eigenvalue weighted by Crippen LogP contribution is 2.38. The average Bonchev–Trinajstić information content (AvgIpc) is 3.15. The molecule has 0 heterocycles. The van der Waals surface area contributed by atoms with E-state index in [-0.39, 0.29) is 26.1 Å². The molecule has 0 amide bonds. The summed E-state index contributed by atoms with van der Waals surface area (Å²) >= 11 is 0. The van der Waals surface area contributed by atoms with Crippen molar-refractivity contribution >= 4 is 19.8 Å². The minimum Gasteiger partial charge on any atom is -0.756 e. The fourth-order valence-electron chi connectivity index (χ4n) is 6.02. The Morgan fingerprint density at radius 1 is 0.554 bits per heavy atom. The third-order valence-electron chi connectivity index (χ3n) is 9.63. The molecule has 10 heteroatoms. The summed E-state index contributed by atoms with van der Waals surface area (Å²) in [6, 6.07) is 0. The first-order valence-electron chi connectivity index (χ1n) is 22.7. The first-order valence-corrected chi connectivity index (χ1v) is 24.2. The van der Waals surface area contributed by atoms with Crippen LogP contribution >= 0.6 is 7.82 Å². The van der Waals surface area contributed by atoms with Gasteiger partial charge in [0.15, 0.2) is 6.10 Å². The van der Waals surface area contributed by atoms with Crippen LogP contribution in [0, 0.1) is 0 Å². The predicted octanol–water partition coefficient (Wildman–Crippen LogP) is 12.3. The molecule has 0 aliphatic rings. The molecule has 0 saturated heterocycles. The molecule has 0 rings (SSSR count). The van der Waals surface area contributed by atoms with Crippen LogP contribution < -0.4 is 4.89 Å². The van der Waals surface area contributed by atoms with Crippen molar-refractivity contribution in [2.45, 2.75) is 200 Å². The Bertz CT molecular complexity index is 1050. The number of carbonyl (C=O) groups excluding carboxylic acids is 2. The molecule has 2 unspecified atom stereocenters. The van der Waals surface area contributed by atoms with Crippen molar-refractivity contribution in [3.05, 3.63) is 36.5 Å². The Labute approximate surface area is 344 Å². The lowest BCUT2D eigenvalue weighted by molar-refractivity contribution is -0.870. The topological polar surface area (TPSA) is 111 Å². The van der Waals surface area contributed by atoms with Gasteiger partial charge in [-0.1, -0.05) is 153 Å². The van der Waals surface area contributed by atoms with Crippen molar-refractivity contribution in [3.8, 4) is 0 Å². The van der Waals surface area contributed by atoms with Gasteiger partial charge in [0, 0.05) is 12.8 Å². The number of likely N-dealkylation sites (N-methyl/N-ethyl adjacent to an activating group) is 1. The van der Waals surface area contributed by atoms with E-state index in [0.29, 0.717) is 17.4 Å². The number of quaternary nitrogens is 1. The lowest BCUT2D eigenvalue weighted by Crippen LogP contribution is -2.37. The summed E-state index contributed by atoms with van der Waals surface area (Å²) in [6.45, 7) is 4.16. The van der Waals surface area contributed by atoms with Crippen molar-refractivity contribution in [3.63, 3.8) is 0 Å². The lowest BCUT2D eigenvalue weighted by Gasteiger charge is -2.28. The zero-order valence-corrected chi connectivity index (χ0v) is 37.7. The SMILES string of the molecule is CCCC/C=C\CCCCCCCC(=O)OCC(COP(=O)([O-])OCC[N+](C)(C)C)OC(=O)CCCCCCCCCCC/C=C\C/C=C\CCCCCCC. The van der Waals surface area contributed by atoms with Crippen LogP contribution in [-0.2, 0) is 32.7 Å². The van der Waals surface area contributed by atoms with E-state index < -0.39 is 32.5 Å². The average molecular weight is 812 g/mol. The summed E-state index contributed by atoms with van der Waals surface area (Å²) < 4.78 is 33.9. The van der Waals surface area contributed by atoms with Gasteiger partial charge in [-0.3, -0.25) is 14.2 Å². The van der Waals surface area contributed by atoms with Crippen molar-refractivity contribution < 1.29 is 42.1 Å². The van der Waals surface area contributed by atoms with Crippen LogP contribution in [0.2, 0.25) is 0 Å². The van der Waals surface area contributed by atoms with Gasteiger partial charge in [-0.25, -0.2) is 0 Å². The zero-order chi connectivity index (χ0) is 41.4. The largest absolute Gasteiger partial charge is 0.756 e. The smallest absolute Gasteiger partial charge is 0.306 e. The molecule has 9 nitrogen and oxygen atoms in total. The Balaban J connectivity index is 4.29. The van der Waals surface area contributed by atoms with Gasteiger partial charge in [0.05, 0.1) is 27.7 Å². The number of carbonyl (C=O) groups is 2. The maximum absolute atomic E-state index is 12.7. The highest BCUT2D eigenvalue weighted by atomic mass is 31.2. The van der Waals surface area contributed by atoms with Crippen LogP contribution in [0.3, 0.4) is 0 Å². The van der Waals surface area contributed by atoms with E-state index in [1.165, 1.54) is 83.5 Å². The number of nitrogens with zero attached hydrogens (tertiary/aromatic N) is 1. The monoisotopic (exact) mass is 812 g/mol. The summed E-state index contributed by atoms with van der Waals surface area (Å²) in [7, 11) is 1.16. The Kier molecular flexibility index (Phi) is 37.5. The summed E-state index contributed by atoms with van der Waals surface area (Å²) in [4.78, 5) is 37.5. The third-order valence-corrected chi connectivity index (χ3v) is 10.6. The van der Waals surface area contributed by atoms with Crippen molar-refractivity contribution in [1.82, 2.24) is 0 Å². The fourth-order valence-corrected chi connectivity index (χ4v) is 6.75. The van der Waals surface area contributed by atoms with Gasteiger partial charge in [-0.2, -0.15) is 0 Å². The highest BCUT2D eigenvalue weighted by Gasteiger charge is 2.21. The van der Waals surface area contributed by atoms with Gasteiger partial charge in [-0.15, -0.1) is 0 Å². The predicted molar refractivity (Wildman–Crippen MR) is 231 cm³/mol. The van der Waals surface area contributed by atoms with E-state index in [0.717, 1.165) is 77.0 Å². The Hall–Kier alpha value is -1.77. The van der Waals surface area contributed by atoms with Crippen LogP contribution in [0.15, 0.2) is 36.5 Å². The fraction of sp³-hybridized carbons (Fsp3) is 0.826. The first kappa shape index (κ1) is 54.2.